The second-order valence-corrected chi connectivity index (χ2v) is 6.89. The van der Waals surface area contributed by atoms with Gasteiger partial charge in [0.2, 0.25) is 5.91 Å². The van der Waals surface area contributed by atoms with E-state index in [0.29, 0.717) is 36.2 Å². The van der Waals surface area contributed by atoms with Crippen molar-refractivity contribution in [2.45, 2.75) is 13.0 Å². The Balaban J connectivity index is 1.49. The summed E-state index contributed by atoms with van der Waals surface area (Å²) in [5.74, 6) is 1.92. The van der Waals surface area contributed by atoms with Crippen LogP contribution in [0.4, 0.5) is 5.82 Å². The maximum atomic E-state index is 12.1. The summed E-state index contributed by atoms with van der Waals surface area (Å²) in [6.07, 6.45) is 1.89. The van der Waals surface area contributed by atoms with Gasteiger partial charge in [0.1, 0.15) is 11.6 Å². The lowest BCUT2D eigenvalue weighted by Crippen LogP contribution is -2.24. The van der Waals surface area contributed by atoms with Crippen molar-refractivity contribution in [1.29, 1.82) is 0 Å². The maximum Gasteiger partial charge on any atom is 0.222 e. The van der Waals surface area contributed by atoms with E-state index in [4.69, 9.17) is 16.0 Å². The van der Waals surface area contributed by atoms with Crippen LogP contribution in [0.15, 0.2) is 71.3 Å². The second kappa shape index (κ2) is 8.75. The van der Waals surface area contributed by atoms with Gasteiger partial charge >= 0.3 is 0 Å². The van der Waals surface area contributed by atoms with Crippen LogP contribution in [0.3, 0.4) is 0 Å². The van der Waals surface area contributed by atoms with Crippen LogP contribution < -0.4 is 10.6 Å². The van der Waals surface area contributed by atoms with E-state index < -0.39 is 0 Å². The number of amides is 1. The Morgan fingerprint density at radius 1 is 1.03 bits per heavy atom. The monoisotopic (exact) mass is 406 g/mol. The van der Waals surface area contributed by atoms with Crippen LogP contribution >= 0.6 is 11.6 Å². The van der Waals surface area contributed by atoms with Gasteiger partial charge in [-0.05, 0) is 30.3 Å². The van der Waals surface area contributed by atoms with E-state index >= 15 is 0 Å². The third-order valence-corrected chi connectivity index (χ3v) is 4.61. The number of carbonyl (C=O) groups excluding carboxylic acids is 1. The molecular formula is C22H19ClN4O2. The Morgan fingerprint density at radius 2 is 1.90 bits per heavy atom. The molecule has 0 spiro atoms. The second-order valence-electron chi connectivity index (χ2n) is 6.46. The summed E-state index contributed by atoms with van der Waals surface area (Å²) in [4.78, 5) is 21.4. The van der Waals surface area contributed by atoms with Crippen LogP contribution in [-0.2, 0) is 11.3 Å². The molecule has 0 aliphatic rings. The molecule has 0 fully saturated rings. The first kappa shape index (κ1) is 19.0. The molecule has 4 rings (SSSR count). The molecule has 2 heterocycles. The van der Waals surface area contributed by atoms with Crippen molar-refractivity contribution in [1.82, 2.24) is 15.3 Å². The Bertz CT molecular complexity index is 1110. The molecule has 29 heavy (non-hydrogen) atoms. The molecule has 1 amide bonds. The first-order valence-corrected chi connectivity index (χ1v) is 9.62. The molecule has 6 nitrogen and oxygen atoms in total. The number of aromatic nitrogens is 2. The van der Waals surface area contributed by atoms with E-state index in [0.717, 1.165) is 22.2 Å². The number of rotatable bonds is 7. The summed E-state index contributed by atoms with van der Waals surface area (Å²) in [6, 6.07) is 18.8. The molecule has 0 saturated carbocycles. The fourth-order valence-corrected chi connectivity index (χ4v) is 3.10. The largest absolute Gasteiger partial charge is 0.467 e. The fraction of sp³-hybridized carbons (Fsp3) is 0.136. The third kappa shape index (κ3) is 4.73. The van der Waals surface area contributed by atoms with Gasteiger partial charge in [-0.15, -0.1) is 0 Å². The average molecular weight is 407 g/mol. The van der Waals surface area contributed by atoms with Crippen LogP contribution in [-0.4, -0.2) is 22.4 Å². The summed E-state index contributed by atoms with van der Waals surface area (Å²) in [6.45, 7) is 0.811. The minimum atomic E-state index is -0.0708. The molecule has 0 atom stereocenters. The number of furan rings is 1. The first-order chi connectivity index (χ1) is 14.2. The van der Waals surface area contributed by atoms with E-state index in [1.54, 1.807) is 18.4 Å². The van der Waals surface area contributed by atoms with Gasteiger partial charge in [-0.3, -0.25) is 4.79 Å². The zero-order chi connectivity index (χ0) is 20.1. The summed E-state index contributed by atoms with van der Waals surface area (Å²) >= 11 is 6.15. The van der Waals surface area contributed by atoms with E-state index in [-0.39, 0.29) is 5.91 Å². The van der Waals surface area contributed by atoms with Gasteiger partial charge in [0, 0.05) is 28.9 Å². The minimum Gasteiger partial charge on any atom is -0.467 e. The highest BCUT2D eigenvalue weighted by molar-refractivity contribution is 6.31. The van der Waals surface area contributed by atoms with Crippen LogP contribution in [0.5, 0.6) is 0 Å². The number of halogens is 1. The summed E-state index contributed by atoms with van der Waals surface area (Å²) in [7, 11) is 0. The van der Waals surface area contributed by atoms with Gasteiger partial charge < -0.3 is 15.1 Å². The highest BCUT2D eigenvalue weighted by Crippen LogP contribution is 2.27. The van der Waals surface area contributed by atoms with Gasteiger partial charge in [-0.1, -0.05) is 41.9 Å². The van der Waals surface area contributed by atoms with Crippen molar-refractivity contribution >= 4 is 34.2 Å². The molecule has 2 aromatic carbocycles. The Kier molecular flexibility index (Phi) is 5.72. The van der Waals surface area contributed by atoms with Crippen molar-refractivity contribution in [3.05, 3.63) is 77.7 Å². The normalized spacial score (nSPS) is 10.8. The van der Waals surface area contributed by atoms with Crippen LogP contribution in [0, 0.1) is 0 Å². The molecule has 0 saturated heterocycles. The lowest BCUT2D eigenvalue weighted by molar-refractivity contribution is -0.121. The lowest BCUT2D eigenvalue weighted by atomic mass is 10.2. The minimum absolute atomic E-state index is 0.0708. The molecule has 0 radical (unpaired) electrons. The SMILES string of the molecule is O=C(CCNc1nc(-c2ccccc2)nc2cc(Cl)ccc12)NCc1ccco1. The summed E-state index contributed by atoms with van der Waals surface area (Å²) < 4.78 is 5.21. The number of benzene rings is 2. The lowest BCUT2D eigenvalue weighted by Gasteiger charge is -2.11. The quantitative estimate of drug-likeness (QED) is 0.466. The van der Waals surface area contributed by atoms with E-state index in [2.05, 4.69) is 20.6 Å². The van der Waals surface area contributed by atoms with Crippen molar-refractivity contribution in [2.24, 2.45) is 0 Å². The molecule has 2 aromatic heterocycles. The van der Waals surface area contributed by atoms with E-state index in [1.165, 1.54) is 0 Å². The maximum absolute atomic E-state index is 12.1. The molecule has 0 unspecified atom stereocenters. The average Bonchev–Trinajstić information content (AvgIpc) is 3.26. The van der Waals surface area contributed by atoms with Gasteiger partial charge in [0.25, 0.3) is 0 Å². The summed E-state index contributed by atoms with van der Waals surface area (Å²) in [5.41, 5.74) is 1.66. The van der Waals surface area contributed by atoms with Crippen LogP contribution in [0.25, 0.3) is 22.3 Å². The number of hydrogen-bond donors (Lipinski definition) is 2. The molecule has 7 heteroatoms. The predicted molar refractivity (Wildman–Crippen MR) is 114 cm³/mol. The van der Waals surface area contributed by atoms with Crippen molar-refractivity contribution in [3.8, 4) is 11.4 Å². The highest BCUT2D eigenvalue weighted by Gasteiger charge is 2.11. The fourth-order valence-electron chi connectivity index (χ4n) is 2.94. The van der Waals surface area contributed by atoms with Gasteiger partial charge in [0.15, 0.2) is 5.82 Å². The smallest absolute Gasteiger partial charge is 0.222 e. The third-order valence-electron chi connectivity index (χ3n) is 4.38. The predicted octanol–water partition coefficient (Wildman–Crippen LogP) is 4.66. The van der Waals surface area contributed by atoms with Crippen molar-refractivity contribution in [3.63, 3.8) is 0 Å². The number of nitrogens with zero attached hydrogens (tertiary/aromatic N) is 2. The van der Waals surface area contributed by atoms with E-state index in [9.17, 15) is 4.79 Å². The summed E-state index contributed by atoms with van der Waals surface area (Å²) in [5, 5.41) is 7.55. The zero-order valence-electron chi connectivity index (χ0n) is 15.6. The molecule has 0 aliphatic carbocycles. The topological polar surface area (TPSA) is 80.0 Å². The van der Waals surface area contributed by atoms with Gasteiger partial charge in [-0.2, -0.15) is 0 Å². The molecule has 4 aromatic rings. The van der Waals surface area contributed by atoms with Crippen LogP contribution in [0.1, 0.15) is 12.2 Å². The molecular weight excluding hydrogens is 388 g/mol. The standard InChI is InChI=1S/C22H19ClN4O2/c23-16-8-9-18-19(13-16)26-21(15-5-2-1-3-6-15)27-22(18)24-11-10-20(28)25-14-17-7-4-12-29-17/h1-9,12-13H,10-11,14H2,(H,25,28)(H,24,26,27). The molecule has 146 valence electrons. The Morgan fingerprint density at radius 3 is 2.69 bits per heavy atom. The van der Waals surface area contributed by atoms with Gasteiger partial charge in [0.05, 0.1) is 18.3 Å². The van der Waals surface area contributed by atoms with Crippen molar-refractivity contribution in [2.75, 3.05) is 11.9 Å². The van der Waals surface area contributed by atoms with Crippen molar-refractivity contribution < 1.29 is 9.21 Å². The first-order valence-electron chi connectivity index (χ1n) is 9.25. The molecule has 0 aliphatic heterocycles. The van der Waals surface area contributed by atoms with Gasteiger partial charge in [-0.25, -0.2) is 9.97 Å². The van der Waals surface area contributed by atoms with E-state index in [1.807, 2.05) is 48.5 Å². The number of hydrogen-bond acceptors (Lipinski definition) is 5. The highest BCUT2D eigenvalue weighted by atomic mass is 35.5. The Labute approximate surface area is 172 Å². The number of nitrogens with one attached hydrogen (secondary N) is 2. The Hall–Kier alpha value is -3.38. The zero-order valence-corrected chi connectivity index (χ0v) is 16.3. The molecule has 0 bridgehead atoms. The molecule has 2 N–H and O–H groups in total. The number of anilines is 1. The number of carbonyl (C=O) groups is 1. The van der Waals surface area contributed by atoms with Crippen LogP contribution in [0.2, 0.25) is 5.02 Å². The number of fused-ring (bicyclic) bond motifs is 1.